The van der Waals surface area contributed by atoms with Crippen LogP contribution < -0.4 is 4.90 Å². The van der Waals surface area contributed by atoms with Crippen LogP contribution >= 0.6 is 11.3 Å². The number of benzene rings is 2. The molecule has 0 aliphatic heterocycles. The molecule has 1 aromatic heterocycles. The summed E-state index contributed by atoms with van der Waals surface area (Å²) in [6, 6.07) is 13.9. The molecule has 9 heteroatoms. The van der Waals surface area contributed by atoms with Crippen molar-refractivity contribution < 1.29 is 13.2 Å². The van der Waals surface area contributed by atoms with Gasteiger partial charge in [0.15, 0.2) is 5.13 Å². The minimum Gasteiger partial charge on any atom is -0.308 e. The fourth-order valence-corrected chi connectivity index (χ4v) is 5.65. The topological polar surface area (TPSA) is 73.8 Å². The summed E-state index contributed by atoms with van der Waals surface area (Å²) in [5.41, 5.74) is 1.28. The van der Waals surface area contributed by atoms with Crippen LogP contribution in [0, 0.1) is 0 Å². The molecule has 1 amide bonds. The highest BCUT2D eigenvalue weighted by Gasteiger charge is 2.24. The Bertz CT molecular complexity index is 1100. The molecule has 0 unspecified atom stereocenters. The van der Waals surface area contributed by atoms with Gasteiger partial charge in [-0.2, -0.15) is 4.31 Å². The second-order valence-electron chi connectivity index (χ2n) is 7.34. The number of fused-ring (bicyclic) bond motifs is 1. The summed E-state index contributed by atoms with van der Waals surface area (Å²) in [5, 5.41) is 0.632. The Balaban J connectivity index is 1.92. The van der Waals surface area contributed by atoms with Crippen molar-refractivity contribution in [3.05, 3.63) is 54.1 Å². The average Bonchev–Trinajstić information content (AvgIpc) is 3.18. The molecule has 0 aliphatic rings. The molecule has 0 aliphatic carbocycles. The van der Waals surface area contributed by atoms with Crippen LogP contribution in [0.3, 0.4) is 0 Å². The predicted molar refractivity (Wildman–Crippen MR) is 126 cm³/mol. The number of aromatic nitrogens is 1. The smallest absolute Gasteiger partial charge is 0.260 e. The van der Waals surface area contributed by atoms with E-state index in [0.29, 0.717) is 36.9 Å². The number of para-hydroxylation sites is 1. The summed E-state index contributed by atoms with van der Waals surface area (Å²) in [5.74, 6) is -0.201. The number of rotatable bonds is 9. The van der Waals surface area contributed by atoms with Gasteiger partial charge in [-0.1, -0.05) is 37.3 Å². The van der Waals surface area contributed by atoms with Crippen molar-refractivity contribution in [1.82, 2.24) is 14.2 Å². The molecule has 0 bridgehead atoms. The molecule has 3 aromatic rings. The number of thiazole rings is 1. The Kier molecular flexibility index (Phi) is 7.42. The summed E-state index contributed by atoms with van der Waals surface area (Å²) in [6.07, 6.45) is 0. The lowest BCUT2D eigenvalue weighted by Crippen LogP contribution is -2.36. The molecule has 166 valence electrons. The van der Waals surface area contributed by atoms with Gasteiger partial charge in [-0.3, -0.25) is 9.69 Å². The molecule has 2 aromatic carbocycles. The van der Waals surface area contributed by atoms with E-state index in [9.17, 15) is 13.2 Å². The molecule has 0 radical (unpaired) electrons. The Morgan fingerprint density at radius 3 is 2.19 bits per heavy atom. The number of carbonyl (C=O) groups excluding carboxylic acids is 1. The number of sulfonamides is 1. The third-order valence-corrected chi connectivity index (χ3v) is 8.10. The number of amides is 1. The first-order chi connectivity index (χ1) is 14.8. The molecule has 31 heavy (non-hydrogen) atoms. The maximum atomic E-state index is 13.4. The van der Waals surface area contributed by atoms with E-state index in [4.69, 9.17) is 0 Å². The number of hydrogen-bond acceptors (Lipinski definition) is 6. The number of carbonyl (C=O) groups is 1. The van der Waals surface area contributed by atoms with Crippen molar-refractivity contribution in [3.63, 3.8) is 0 Å². The van der Waals surface area contributed by atoms with Crippen molar-refractivity contribution in [2.45, 2.75) is 18.7 Å². The zero-order valence-electron chi connectivity index (χ0n) is 18.3. The summed E-state index contributed by atoms with van der Waals surface area (Å²) >= 11 is 1.47. The van der Waals surface area contributed by atoms with E-state index in [-0.39, 0.29) is 10.8 Å². The van der Waals surface area contributed by atoms with Gasteiger partial charge >= 0.3 is 0 Å². The largest absolute Gasteiger partial charge is 0.308 e. The Hall–Kier alpha value is -2.33. The Labute approximate surface area is 188 Å². The highest BCUT2D eigenvalue weighted by Crippen LogP contribution is 2.29. The van der Waals surface area contributed by atoms with Crippen LogP contribution in [0.25, 0.3) is 10.2 Å². The molecule has 0 fully saturated rings. The molecule has 3 rings (SSSR count). The molecule has 0 N–H and O–H groups in total. The van der Waals surface area contributed by atoms with Gasteiger partial charge in [-0.05, 0) is 50.5 Å². The SMILES string of the molecule is CCN(CC)S(=O)(=O)c1ccc(C(=O)N(CCN(C)C)c2nc3ccccc3s2)cc1. The molecule has 1 heterocycles. The van der Waals surface area contributed by atoms with Gasteiger partial charge in [-0.15, -0.1) is 0 Å². The van der Waals surface area contributed by atoms with Gasteiger partial charge in [-0.25, -0.2) is 13.4 Å². The van der Waals surface area contributed by atoms with Crippen LogP contribution in [0.4, 0.5) is 5.13 Å². The van der Waals surface area contributed by atoms with Crippen molar-refractivity contribution in [2.75, 3.05) is 45.2 Å². The van der Waals surface area contributed by atoms with E-state index in [1.807, 2.05) is 43.3 Å². The van der Waals surface area contributed by atoms with Gasteiger partial charge in [0.25, 0.3) is 5.91 Å². The van der Waals surface area contributed by atoms with Crippen molar-refractivity contribution >= 4 is 42.6 Å². The number of hydrogen-bond donors (Lipinski definition) is 0. The highest BCUT2D eigenvalue weighted by molar-refractivity contribution is 7.89. The zero-order chi connectivity index (χ0) is 22.6. The predicted octanol–water partition coefficient (Wildman–Crippen LogP) is 3.54. The van der Waals surface area contributed by atoms with E-state index < -0.39 is 10.0 Å². The van der Waals surface area contributed by atoms with E-state index in [0.717, 1.165) is 10.2 Å². The highest BCUT2D eigenvalue weighted by atomic mass is 32.2. The Morgan fingerprint density at radius 2 is 1.61 bits per heavy atom. The second-order valence-corrected chi connectivity index (χ2v) is 10.3. The van der Waals surface area contributed by atoms with Crippen LogP contribution in [-0.2, 0) is 10.0 Å². The van der Waals surface area contributed by atoms with Crippen molar-refractivity contribution in [2.24, 2.45) is 0 Å². The van der Waals surface area contributed by atoms with Gasteiger partial charge in [0.2, 0.25) is 10.0 Å². The van der Waals surface area contributed by atoms with Crippen LogP contribution in [0.5, 0.6) is 0 Å². The summed E-state index contributed by atoms with van der Waals surface area (Å²) in [6.45, 7) is 5.56. The first kappa shape index (κ1) is 23.3. The van der Waals surface area contributed by atoms with Gasteiger partial charge in [0.05, 0.1) is 15.1 Å². The maximum Gasteiger partial charge on any atom is 0.260 e. The molecule has 0 saturated heterocycles. The second kappa shape index (κ2) is 9.86. The summed E-state index contributed by atoms with van der Waals surface area (Å²) < 4.78 is 27.9. The number of likely N-dealkylation sites (N-methyl/N-ethyl adjacent to an activating group) is 1. The lowest BCUT2D eigenvalue weighted by molar-refractivity contribution is 0.0985. The summed E-state index contributed by atoms with van der Waals surface area (Å²) in [4.78, 5) is 21.9. The van der Waals surface area contributed by atoms with E-state index in [1.165, 1.54) is 27.8 Å². The fraction of sp³-hybridized carbons (Fsp3) is 0.364. The molecular weight excluding hydrogens is 432 g/mol. The van der Waals surface area contributed by atoms with Gasteiger partial charge < -0.3 is 4.90 Å². The molecule has 0 saturated carbocycles. The lowest BCUT2D eigenvalue weighted by atomic mass is 10.2. The lowest BCUT2D eigenvalue weighted by Gasteiger charge is -2.22. The van der Waals surface area contributed by atoms with Crippen LogP contribution in [0.15, 0.2) is 53.4 Å². The summed E-state index contributed by atoms with van der Waals surface area (Å²) in [7, 11) is 0.341. The van der Waals surface area contributed by atoms with E-state index >= 15 is 0 Å². The monoisotopic (exact) mass is 460 g/mol. The molecule has 0 atom stereocenters. The van der Waals surface area contributed by atoms with Crippen LogP contribution in [-0.4, -0.2) is 68.8 Å². The fourth-order valence-electron chi connectivity index (χ4n) is 3.20. The normalized spacial score (nSPS) is 12.1. The van der Waals surface area contributed by atoms with Crippen LogP contribution in [0.1, 0.15) is 24.2 Å². The average molecular weight is 461 g/mol. The van der Waals surface area contributed by atoms with Gasteiger partial charge in [0, 0.05) is 31.7 Å². The molecular formula is C22H28N4O3S2. The maximum absolute atomic E-state index is 13.4. The molecule has 0 spiro atoms. The zero-order valence-corrected chi connectivity index (χ0v) is 19.9. The number of anilines is 1. The minimum atomic E-state index is -3.56. The van der Waals surface area contributed by atoms with E-state index in [2.05, 4.69) is 4.98 Å². The standard InChI is InChI=1S/C22H28N4O3S2/c1-5-25(6-2)31(28,29)18-13-11-17(12-14-18)21(27)26(16-15-24(3)4)22-23-19-9-7-8-10-20(19)30-22/h7-14H,5-6,15-16H2,1-4H3. The van der Waals surface area contributed by atoms with Crippen molar-refractivity contribution in [3.8, 4) is 0 Å². The third-order valence-electron chi connectivity index (χ3n) is 4.97. The van der Waals surface area contributed by atoms with E-state index in [1.54, 1.807) is 30.9 Å². The number of nitrogens with zero attached hydrogens (tertiary/aromatic N) is 4. The van der Waals surface area contributed by atoms with Crippen LogP contribution in [0.2, 0.25) is 0 Å². The minimum absolute atomic E-state index is 0.188. The first-order valence-corrected chi connectivity index (χ1v) is 12.5. The van der Waals surface area contributed by atoms with Gasteiger partial charge in [0.1, 0.15) is 0 Å². The quantitative estimate of drug-likeness (QED) is 0.488. The third kappa shape index (κ3) is 5.12. The molecule has 7 nitrogen and oxygen atoms in total. The first-order valence-electron chi connectivity index (χ1n) is 10.2. The van der Waals surface area contributed by atoms with Crippen molar-refractivity contribution in [1.29, 1.82) is 0 Å². The Morgan fingerprint density at radius 1 is 0.968 bits per heavy atom.